The van der Waals surface area contributed by atoms with Crippen LogP contribution in [0.1, 0.15) is 11.4 Å². The molecule has 68 heavy (non-hydrogen) atoms. The molecule has 0 aliphatic carbocycles. The zero-order chi connectivity index (χ0) is 49.1. The van der Waals surface area contributed by atoms with Gasteiger partial charge in [0.25, 0.3) is 20.2 Å². The number of halogens is 12. The van der Waals surface area contributed by atoms with Gasteiger partial charge in [0.1, 0.15) is 9.79 Å². The quantitative estimate of drug-likeness (QED) is 0.0423. The van der Waals surface area contributed by atoms with Crippen LogP contribution in [0.25, 0.3) is 78.6 Å². The number of nitrogens with one attached hydrogen (secondary N) is 3. The van der Waals surface area contributed by atoms with Crippen LogP contribution < -0.4 is 14.2 Å². The number of methoxy groups -OCH3 is 3. The number of hydrogen-bond donors (Lipinski definition) is 5. The van der Waals surface area contributed by atoms with Gasteiger partial charge in [-0.05, 0) is 36.4 Å². The summed E-state index contributed by atoms with van der Waals surface area (Å²) < 4.78 is 276. The van der Waals surface area contributed by atoms with Crippen LogP contribution in [0.3, 0.4) is 0 Å². The van der Waals surface area contributed by atoms with Crippen molar-refractivity contribution in [3.05, 3.63) is 105 Å². The van der Waals surface area contributed by atoms with E-state index in [1.807, 2.05) is 0 Å². The van der Waals surface area contributed by atoms with Gasteiger partial charge in [0.2, 0.25) is 34.9 Å². The van der Waals surface area contributed by atoms with Crippen molar-refractivity contribution in [2.24, 2.45) is 0 Å². The van der Waals surface area contributed by atoms with Gasteiger partial charge in [0, 0.05) is 27.7 Å². The van der Waals surface area contributed by atoms with Crippen molar-refractivity contribution in [1.82, 2.24) is 19.9 Å². The standard InChI is InChI=1S/C40H20F12N4O9S2.Mn/c1-63-38-30(47)24(41)21(25(42)31(38)48)18-10-4-5-12(53-10)19(22-26(43)32(49)39(64-2)33(50)27(22)44)14-8-16(66(57,58)59)36(55-14)15-9-17(67(60,61)62)37(56-15)20(13-7-6-11(18)54-13)23-28(45)34(51)40(65-3)35(52)29(23)46;/h4-9,53,55-56H,1-3H3,(H,57,58,59)(H,60,61,62);/q;+3. The van der Waals surface area contributed by atoms with Crippen LogP contribution in [0.4, 0.5) is 52.7 Å². The fraction of sp³-hybridized carbons (Fsp3) is 0.0750. The second-order valence-corrected chi connectivity index (χ2v) is 16.7. The molecular weight excluding hydrogens is 1030 g/mol. The number of fused-ring (bicyclic) bond motifs is 9. The number of benzene rings is 3. The van der Waals surface area contributed by atoms with Crippen LogP contribution in [0.5, 0.6) is 17.2 Å². The summed E-state index contributed by atoms with van der Waals surface area (Å²) in [5, 5.41) is 0. The average Bonchev–Trinajstić information content (AvgIpc) is 4.10. The normalized spacial score (nSPS) is 12.2. The maximum Gasteiger partial charge on any atom is 3.00 e. The minimum Gasteiger partial charge on any atom is -0.491 e. The van der Waals surface area contributed by atoms with Crippen molar-refractivity contribution in [2.45, 2.75) is 9.79 Å². The molecular formula is C40H20F12MnN4O9S2+3. The molecule has 28 heteroatoms. The molecule has 354 valence electrons. The predicted octanol–water partition coefficient (Wildman–Crippen LogP) is 9.88. The third-order valence-corrected chi connectivity index (χ3v) is 12.1. The average molecular weight is 1050 g/mol. The first kappa shape index (κ1) is 49.2. The van der Waals surface area contributed by atoms with E-state index in [-0.39, 0.29) is 17.1 Å². The Morgan fingerprint density at radius 3 is 1.15 bits per heavy atom. The first-order chi connectivity index (χ1) is 31.4. The topological polar surface area (TPSA) is 197 Å². The summed E-state index contributed by atoms with van der Waals surface area (Å²) >= 11 is 0. The largest absolute Gasteiger partial charge is 3.00 e. The number of ether oxygens (including phenoxy) is 3. The Bertz CT molecular complexity index is 3680. The van der Waals surface area contributed by atoms with E-state index in [9.17, 15) is 25.9 Å². The Kier molecular flexibility index (Phi) is 12.4. The van der Waals surface area contributed by atoms with E-state index in [0.717, 1.165) is 12.1 Å². The molecule has 5 N–H and O–H groups in total. The number of hydrogen-bond acceptors (Lipinski definition) is 8. The molecule has 1 aliphatic rings. The Hall–Kier alpha value is -6.71. The fourth-order valence-electron chi connectivity index (χ4n) is 7.49. The third kappa shape index (κ3) is 7.37. The van der Waals surface area contributed by atoms with E-state index in [2.05, 4.69) is 34.1 Å². The summed E-state index contributed by atoms with van der Waals surface area (Å²) in [4.78, 5) is 7.84. The van der Waals surface area contributed by atoms with E-state index >= 15 is 52.7 Å². The van der Waals surface area contributed by atoms with Crippen LogP contribution in [0.15, 0.2) is 34.1 Å². The SMILES string of the molecule is COc1c(F)c(F)c(-c2c3nc(c(-c4c(F)c(F)c(OC)c(F)c4F)c4[nH]c(cc4S(=O)(=O)O)c4[nH]c(cc4S(=O)(=O)O)c(-c4c(F)c(F)c(OC)c(F)c4F)c4ccc2[nH]4)C=C3)c(F)c1F.[Mn+3]. The van der Waals surface area contributed by atoms with Crippen molar-refractivity contribution in [2.75, 3.05) is 21.3 Å². The van der Waals surface area contributed by atoms with Gasteiger partial charge >= 0.3 is 17.1 Å². The van der Waals surface area contributed by atoms with Gasteiger partial charge in [0.05, 0.1) is 71.5 Å². The Balaban J connectivity index is 0.00000684. The Morgan fingerprint density at radius 1 is 0.426 bits per heavy atom. The predicted molar refractivity (Wildman–Crippen MR) is 210 cm³/mol. The monoisotopic (exact) mass is 1050 g/mol. The molecule has 7 aromatic rings. The third-order valence-electron chi connectivity index (χ3n) is 10.3. The second kappa shape index (κ2) is 17.1. The van der Waals surface area contributed by atoms with Gasteiger partial charge in [-0.25, -0.2) is 31.3 Å². The van der Waals surface area contributed by atoms with Crippen LogP contribution >= 0.6 is 0 Å². The first-order valence-electron chi connectivity index (χ1n) is 18.0. The molecule has 0 atom stereocenters. The van der Waals surface area contributed by atoms with Crippen molar-refractivity contribution >= 4 is 65.5 Å². The van der Waals surface area contributed by atoms with Crippen molar-refractivity contribution < 1.29 is 110 Å². The van der Waals surface area contributed by atoms with Crippen molar-refractivity contribution in [3.8, 4) is 50.6 Å². The molecule has 0 amide bonds. The summed E-state index contributed by atoms with van der Waals surface area (Å²) in [5.74, 6) is -32.1. The summed E-state index contributed by atoms with van der Waals surface area (Å²) in [6.45, 7) is 0. The molecule has 0 fully saturated rings. The summed E-state index contributed by atoms with van der Waals surface area (Å²) in [7, 11) is -9.72. The number of nitrogens with zero attached hydrogens (tertiary/aromatic N) is 1. The summed E-state index contributed by atoms with van der Waals surface area (Å²) in [6.07, 6.45) is 1.30. The van der Waals surface area contributed by atoms with Gasteiger partial charge in [-0.3, -0.25) is 9.11 Å². The zero-order valence-electron chi connectivity index (χ0n) is 33.4. The molecule has 13 nitrogen and oxygen atoms in total. The Labute approximate surface area is 381 Å². The van der Waals surface area contributed by atoms with Crippen LogP contribution in [-0.4, -0.2) is 67.2 Å². The summed E-state index contributed by atoms with van der Waals surface area (Å²) in [6, 6.07) is 2.11. The molecule has 0 spiro atoms. The van der Waals surface area contributed by atoms with Crippen molar-refractivity contribution in [3.63, 3.8) is 0 Å². The molecule has 0 saturated heterocycles. The van der Waals surface area contributed by atoms with Crippen LogP contribution in [0.2, 0.25) is 0 Å². The maximum atomic E-state index is 16.2. The van der Waals surface area contributed by atoms with E-state index < -0.39 is 195 Å². The van der Waals surface area contributed by atoms with E-state index in [0.29, 0.717) is 45.6 Å². The molecule has 5 heterocycles. The van der Waals surface area contributed by atoms with E-state index in [4.69, 9.17) is 0 Å². The smallest absolute Gasteiger partial charge is 0.491 e. The maximum absolute atomic E-state index is 16.2. The van der Waals surface area contributed by atoms with Crippen molar-refractivity contribution in [1.29, 1.82) is 0 Å². The number of H-pyrrole nitrogens is 3. The number of aromatic amines is 3. The zero-order valence-corrected chi connectivity index (χ0v) is 36.2. The molecule has 1 aliphatic heterocycles. The molecule has 0 unspecified atom stereocenters. The van der Waals surface area contributed by atoms with Gasteiger partial charge in [-0.15, -0.1) is 0 Å². The first-order valence-corrected chi connectivity index (χ1v) is 20.8. The second-order valence-electron chi connectivity index (χ2n) is 13.9. The minimum absolute atomic E-state index is 0. The molecule has 0 radical (unpaired) electrons. The van der Waals surface area contributed by atoms with E-state index in [1.54, 1.807) is 0 Å². The molecule has 4 aromatic heterocycles. The number of rotatable bonds is 8. The van der Waals surface area contributed by atoms with Gasteiger partial charge in [-0.1, -0.05) is 0 Å². The summed E-state index contributed by atoms with van der Waals surface area (Å²) in [5.41, 5.74) is -17.2. The van der Waals surface area contributed by atoms with Crippen LogP contribution in [0, 0.1) is 69.8 Å². The van der Waals surface area contributed by atoms with Gasteiger partial charge < -0.3 is 29.2 Å². The van der Waals surface area contributed by atoms with Gasteiger partial charge in [0.15, 0.2) is 52.2 Å². The Morgan fingerprint density at radius 2 is 0.750 bits per heavy atom. The molecule has 0 saturated carbocycles. The number of aromatic nitrogens is 4. The minimum atomic E-state index is -5.84. The fourth-order valence-corrected chi connectivity index (χ4v) is 8.85. The molecule has 8 bridgehead atoms. The molecule has 3 aromatic carbocycles. The van der Waals surface area contributed by atoms with Crippen LogP contribution in [-0.2, 0) is 37.3 Å². The van der Waals surface area contributed by atoms with Gasteiger partial charge in [-0.2, -0.15) is 43.2 Å². The molecule has 8 rings (SSSR count). The van der Waals surface area contributed by atoms with E-state index in [1.165, 1.54) is 0 Å².